The van der Waals surface area contributed by atoms with Crippen molar-refractivity contribution in [2.24, 2.45) is 10.8 Å². The number of phenols is 3. The second kappa shape index (κ2) is 10.2. The highest BCUT2D eigenvalue weighted by Crippen LogP contribution is 2.50. The number of benzene rings is 1. The average Bonchev–Trinajstić information content (AvgIpc) is 3.48. The third-order valence-corrected chi connectivity index (χ3v) is 6.67. The number of hydrogen-bond donors (Lipinski definition) is 5. The molecular weight excluding hydrogens is 400 g/mol. The molecule has 0 radical (unpaired) electrons. The average molecular weight is 437 g/mol. The van der Waals surface area contributed by atoms with Gasteiger partial charge in [0, 0.05) is 5.56 Å². The summed E-state index contributed by atoms with van der Waals surface area (Å²) in [5.41, 5.74) is 0.147. The van der Waals surface area contributed by atoms with Crippen LogP contribution in [0.15, 0.2) is 6.07 Å². The third kappa shape index (κ3) is 6.52. The summed E-state index contributed by atoms with van der Waals surface area (Å²) in [5.74, 6) is -2.65. The summed E-state index contributed by atoms with van der Waals surface area (Å²) in [6.07, 6.45) is 8.71. The fraction of sp³-hybridized carbons (Fsp3) is 0.667. The van der Waals surface area contributed by atoms with Crippen LogP contribution in [0.3, 0.4) is 0 Å². The van der Waals surface area contributed by atoms with E-state index in [0.717, 1.165) is 56.9 Å². The summed E-state index contributed by atoms with van der Waals surface area (Å²) in [5, 5.41) is 48.6. The number of carboxylic acids is 2. The van der Waals surface area contributed by atoms with Gasteiger partial charge < -0.3 is 25.5 Å². The fourth-order valence-corrected chi connectivity index (χ4v) is 4.07. The van der Waals surface area contributed by atoms with Gasteiger partial charge in [0.05, 0.1) is 10.8 Å². The first-order valence-electron chi connectivity index (χ1n) is 11.2. The van der Waals surface area contributed by atoms with E-state index >= 15 is 0 Å². The minimum Gasteiger partial charge on any atom is -0.504 e. The van der Waals surface area contributed by atoms with Gasteiger partial charge in [-0.25, -0.2) is 0 Å². The van der Waals surface area contributed by atoms with Crippen molar-refractivity contribution >= 4 is 11.9 Å². The summed E-state index contributed by atoms with van der Waals surface area (Å²) in [6, 6.07) is 1.50. The summed E-state index contributed by atoms with van der Waals surface area (Å²) >= 11 is 0. The maximum absolute atomic E-state index is 11.2. The zero-order valence-electron chi connectivity index (χ0n) is 18.6. The molecule has 1 saturated carbocycles. The minimum absolute atomic E-state index is 0.286. The van der Waals surface area contributed by atoms with Crippen LogP contribution in [0, 0.1) is 10.8 Å². The van der Waals surface area contributed by atoms with E-state index in [1.54, 1.807) is 13.8 Å². The normalized spacial score (nSPS) is 15.0. The molecule has 1 aliphatic rings. The molecular formula is C24H36O7. The Bertz CT molecular complexity index is 794. The summed E-state index contributed by atoms with van der Waals surface area (Å²) in [4.78, 5) is 22.4. The Kier molecular flexibility index (Phi) is 8.21. The minimum atomic E-state index is -0.806. The topological polar surface area (TPSA) is 135 Å². The SMILES string of the molecule is CC(C)(CCCCCc1cc(O)c(O)c(O)c1CCCCCC1(C(=O)O)CC1)C(=O)O. The van der Waals surface area contributed by atoms with Crippen LogP contribution in [0.1, 0.15) is 89.2 Å². The van der Waals surface area contributed by atoms with E-state index in [-0.39, 0.29) is 11.5 Å². The molecule has 0 atom stereocenters. The van der Waals surface area contributed by atoms with Gasteiger partial charge >= 0.3 is 11.9 Å². The highest BCUT2D eigenvalue weighted by Gasteiger charge is 2.49. The molecule has 1 aromatic rings. The summed E-state index contributed by atoms with van der Waals surface area (Å²) in [7, 11) is 0. The van der Waals surface area contributed by atoms with Crippen molar-refractivity contribution in [2.75, 3.05) is 0 Å². The van der Waals surface area contributed by atoms with Crippen molar-refractivity contribution in [3.05, 3.63) is 17.2 Å². The van der Waals surface area contributed by atoms with Crippen LogP contribution >= 0.6 is 0 Å². The molecule has 0 heterocycles. The Labute approximate surface area is 183 Å². The number of rotatable bonds is 14. The number of carboxylic acid groups (broad SMARTS) is 2. The second-order valence-electron chi connectivity index (χ2n) is 9.63. The molecule has 0 aromatic heterocycles. The first-order chi connectivity index (χ1) is 14.5. The van der Waals surface area contributed by atoms with Crippen molar-refractivity contribution in [3.8, 4) is 17.2 Å². The lowest BCUT2D eigenvalue weighted by Gasteiger charge is -2.18. The number of unbranched alkanes of at least 4 members (excludes halogenated alkanes) is 4. The lowest BCUT2D eigenvalue weighted by Crippen LogP contribution is -2.23. The number of carbonyl (C=O) groups is 2. The first kappa shape index (κ1) is 24.8. The largest absolute Gasteiger partial charge is 0.504 e. The standard InChI is InChI=1S/C24H36O7/c1-23(2,21(28)29)11-7-3-5-9-16-15-18(25)20(27)19(26)17(16)10-6-4-8-12-24(13-14-24)22(30)31/h15,25-27H,3-14H2,1-2H3,(H,28,29)(H,30,31). The van der Waals surface area contributed by atoms with Crippen LogP contribution < -0.4 is 0 Å². The second-order valence-corrected chi connectivity index (χ2v) is 9.63. The lowest BCUT2D eigenvalue weighted by atomic mass is 9.86. The number of aliphatic carboxylic acids is 2. The number of hydrogen-bond acceptors (Lipinski definition) is 5. The zero-order chi connectivity index (χ0) is 23.2. The van der Waals surface area contributed by atoms with Crippen molar-refractivity contribution < 1.29 is 35.1 Å². The maximum Gasteiger partial charge on any atom is 0.309 e. The van der Waals surface area contributed by atoms with Gasteiger partial charge in [0.1, 0.15) is 0 Å². The van der Waals surface area contributed by atoms with Crippen LogP contribution in [0.2, 0.25) is 0 Å². The summed E-state index contributed by atoms with van der Waals surface area (Å²) < 4.78 is 0. The number of aromatic hydroxyl groups is 3. The van der Waals surface area contributed by atoms with Gasteiger partial charge in [0.25, 0.3) is 0 Å². The molecule has 0 unspecified atom stereocenters. The quantitative estimate of drug-likeness (QED) is 0.205. The Hall–Kier alpha value is -2.44. The van der Waals surface area contributed by atoms with Gasteiger partial charge in [-0.3, -0.25) is 9.59 Å². The molecule has 7 nitrogen and oxygen atoms in total. The van der Waals surface area contributed by atoms with Crippen LogP contribution in [-0.4, -0.2) is 37.5 Å². The molecule has 7 heteroatoms. The molecule has 31 heavy (non-hydrogen) atoms. The highest BCUT2D eigenvalue weighted by molar-refractivity contribution is 5.77. The van der Waals surface area contributed by atoms with E-state index in [0.29, 0.717) is 31.2 Å². The lowest BCUT2D eigenvalue weighted by molar-refractivity contribution is -0.147. The Morgan fingerprint density at radius 1 is 0.903 bits per heavy atom. The Morgan fingerprint density at radius 3 is 2.10 bits per heavy atom. The smallest absolute Gasteiger partial charge is 0.309 e. The molecule has 5 N–H and O–H groups in total. The summed E-state index contributed by atoms with van der Waals surface area (Å²) in [6.45, 7) is 3.43. The van der Waals surface area contributed by atoms with E-state index in [1.807, 2.05) is 0 Å². The molecule has 0 saturated heterocycles. The van der Waals surface area contributed by atoms with Crippen molar-refractivity contribution in [3.63, 3.8) is 0 Å². The van der Waals surface area contributed by atoms with E-state index in [1.165, 1.54) is 6.07 Å². The predicted molar refractivity (Wildman–Crippen MR) is 117 cm³/mol. The van der Waals surface area contributed by atoms with Crippen LogP contribution in [0.4, 0.5) is 0 Å². The molecule has 0 aliphatic heterocycles. The van der Waals surface area contributed by atoms with E-state index in [4.69, 9.17) is 0 Å². The Balaban J connectivity index is 1.86. The van der Waals surface area contributed by atoms with Gasteiger partial charge in [-0.15, -0.1) is 0 Å². The van der Waals surface area contributed by atoms with Gasteiger partial charge in [-0.05, 0) is 76.8 Å². The number of aryl methyl sites for hydroxylation is 1. The predicted octanol–water partition coefficient (Wildman–Crippen LogP) is 4.98. The number of phenolic OH excluding ortho intramolecular Hbond substituents is 3. The monoisotopic (exact) mass is 436 g/mol. The van der Waals surface area contributed by atoms with Gasteiger partial charge in [-0.2, -0.15) is 0 Å². The van der Waals surface area contributed by atoms with Gasteiger partial charge in [-0.1, -0.05) is 25.7 Å². The fourth-order valence-electron chi connectivity index (χ4n) is 4.07. The molecule has 174 valence electrons. The molecule has 0 spiro atoms. The zero-order valence-corrected chi connectivity index (χ0v) is 18.6. The molecule has 1 fully saturated rings. The van der Waals surface area contributed by atoms with Crippen LogP contribution in [0.25, 0.3) is 0 Å². The molecule has 1 aliphatic carbocycles. The molecule has 0 bridgehead atoms. The van der Waals surface area contributed by atoms with Gasteiger partial charge in [0.2, 0.25) is 5.75 Å². The van der Waals surface area contributed by atoms with Crippen molar-refractivity contribution in [1.82, 2.24) is 0 Å². The van der Waals surface area contributed by atoms with Gasteiger partial charge in [0.15, 0.2) is 11.5 Å². The van der Waals surface area contributed by atoms with E-state index in [9.17, 15) is 35.1 Å². The Morgan fingerprint density at radius 2 is 1.52 bits per heavy atom. The first-order valence-corrected chi connectivity index (χ1v) is 11.2. The third-order valence-electron chi connectivity index (χ3n) is 6.67. The molecule has 1 aromatic carbocycles. The molecule has 0 amide bonds. The highest BCUT2D eigenvalue weighted by atomic mass is 16.4. The van der Waals surface area contributed by atoms with E-state index < -0.39 is 28.5 Å². The van der Waals surface area contributed by atoms with Crippen molar-refractivity contribution in [2.45, 2.75) is 90.9 Å². The van der Waals surface area contributed by atoms with Crippen molar-refractivity contribution in [1.29, 1.82) is 0 Å². The van der Waals surface area contributed by atoms with Crippen LogP contribution in [-0.2, 0) is 22.4 Å². The molecule has 2 rings (SSSR count). The van der Waals surface area contributed by atoms with E-state index in [2.05, 4.69) is 0 Å². The maximum atomic E-state index is 11.2. The van der Waals surface area contributed by atoms with Crippen LogP contribution in [0.5, 0.6) is 17.2 Å².